The third kappa shape index (κ3) is 4.92. The second kappa shape index (κ2) is 8.44. The number of hydrogen-bond acceptors (Lipinski definition) is 3. The molecule has 1 aromatic carbocycles. The average molecular weight is 322 g/mol. The minimum atomic E-state index is -0.193. The Hall–Kier alpha value is -1.20. The highest BCUT2D eigenvalue weighted by molar-refractivity contribution is 7.99. The van der Waals surface area contributed by atoms with E-state index in [1.807, 2.05) is 36.9 Å². The Kier molecular flexibility index (Phi) is 6.58. The van der Waals surface area contributed by atoms with Crippen molar-refractivity contribution in [1.29, 1.82) is 0 Å². The summed E-state index contributed by atoms with van der Waals surface area (Å²) in [6.07, 6.45) is 5.40. The third-order valence-corrected chi connectivity index (χ3v) is 5.65. The minimum absolute atomic E-state index is 0.0397. The van der Waals surface area contributed by atoms with Crippen molar-refractivity contribution in [2.45, 2.75) is 49.7 Å². The fourth-order valence-electron chi connectivity index (χ4n) is 2.54. The normalized spacial score (nSPS) is 16.5. The van der Waals surface area contributed by atoms with Crippen LogP contribution in [0.15, 0.2) is 24.3 Å². The molecule has 0 bridgehead atoms. The van der Waals surface area contributed by atoms with Crippen LogP contribution in [-0.4, -0.2) is 41.0 Å². The van der Waals surface area contributed by atoms with E-state index in [2.05, 4.69) is 11.4 Å². The molecule has 1 aliphatic rings. The van der Waals surface area contributed by atoms with Crippen molar-refractivity contribution in [1.82, 2.24) is 4.90 Å². The summed E-state index contributed by atoms with van der Waals surface area (Å²) in [5, 5.41) is 12.8. The van der Waals surface area contributed by atoms with Crippen LogP contribution in [0.1, 0.15) is 38.2 Å². The van der Waals surface area contributed by atoms with E-state index in [1.54, 1.807) is 7.05 Å². The fourth-order valence-corrected chi connectivity index (χ4v) is 3.82. The molecule has 0 spiro atoms. The second-order valence-electron chi connectivity index (χ2n) is 5.99. The smallest absolute Gasteiger partial charge is 0.321 e. The number of carbonyl (C=O) groups excluding carboxylic acids is 1. The van der Waals surface area contributed by atoms with Crippen LogP contribution in [0, 0.1) is 0 Å². The molecule has 0 aliphatic heterocycles. The lowest BCUT2D eigenvalue weighted by Crippen LogP contribution is -2.40. The molecule has 2 N–H and O–H groups in total. The molecular formula is C17H26N2O2S. The van der Waals surface area contributed by atoms with Crippen LogP contribution in [-0.2, 0) is 5.75 Å². The first-order valence-corrected chi connectivity index (χ1v) is 9.00. The minimum Gasteiger partial charge on any atom is -0.394 e. The first-order chi connectivity index (χ1) is 10.6. The second-order valence-corrected chi connectivity index (χ2v) is 7.28. The van der Waals surface area contributed by atoms with Gasteiger partial charge in [-0.15, -0.1) is 0 Å². The number of rotatable bonds is 6. The van der Waals surface area contributed by atoms with Crippen LogP contribution >= 0.6 is 11.8 Å². The van der Waals surface area contributed by atoms with Gasteiger partial charge in [0.15, 0.2) is 0 Å². The lowest BCUT2D eigenvalue weighted by atomic mass is 10.2. The maximum absolute atomic E-state index is 12.1. The number of urea groups is 1. The van der Waals surface area contributed by atoms with Gasteiger partial charge in [0.2, 0.25) is 0 Å². The van der Waals surface area contributed by atoms with Crippen molar-refractivity contribution in [3.05, 3.63) is 29.8 Å². The predicted octanol–water partition coefficient (Wildman–Crippen LogP) is 3.71. The number of aliphatic hydroxyl groups is 1. The van der Waals surface area contributed by atoms with Crippen molar-refractivity contribution in [2.24, 2.45) is 0 Å². The Bertz CT molecular complexity index is 489. The van der Waals surface area contributed by atoms with Crippen molar-refractivity contribution in [3.63, 3.8) is 0 Å². The Balaban J connectivity index is 1.88. The van der Waals surface area contributed by atoms with Gasteiger partial charge >= 0.3 is 6.03 Å². The number of nitrogens with zero attached hydrogens (tertiary/aromatic N) is 1. The van der Waals surface area contributed by atoms with E-state index in [0.717, 1.165) is 16.7 Å². The molecule has 122 valence electrons. The topological polar surface area (TPSA) is 52.6 Å². The van der Waals surface area contributed by atoms with Crippen LogP contribution in [0.4, 0.5) is 10.5 Å². The summed E-state index contributed by atoms with van der Waals surface area (Å²) in [5.74, 6) is 0.997. The molecule has 4 nitrogen and oxygen atoms in total. The first kappa shape index (κ1) is 17.2. The van der Waals surface area contributed by atoms with E-state index in [1.165, 1.54) is 36.1 Å². The van der Waals surface area contributed by atoms with Crippen molar-refractivity contribution in [2.75, 3.05) is 19.0 Å². The first-order valence-electron chi connectivity index (χ1n) is 7.95. The molecule has 0 heterocycles. The Morgan fingerprint density at radius 2 is 2.18 bits per heavy atom. The van der Waals surface area contributed by atoms with E-state index < -0.39 is 0 Å². The molecule has 1 saturated carbocycles. The number of carbonyl (C=O) groups is 1. The van der Waals surface area contributed by atoms with Gasteiger partial charge in [-0.05, 0) is 37.5 Å². The Morgan fingerprint density at radius 1 is 1.45 bits per heavy atom. The van der Waals surface area contributed by atoms with Crippen LogP contribution in [0.3, 0.4) is 0 Å². The fraction of sp³-hybridized carbons (Fsp3) is 0.588. The van der Waals surface area contributed by atoms with Gasteiger partial charge < -0.3 is 15.3 Å². The molecule has 2 rings (SSSR count). The highest BCUT2D eigenvalue weighted by Crippen LogP contribution is 2.31. The molecule has 0 aromatic heterocycles. The maximum Gasteiger partial charge on any atom is 0.321 e. The number of likely N-dealkylation sites (N-methyl/N-ethyl adjacent to an activating group) is 1. The lowest BCUT2D eigenvalue weighted by Gasteiger charge is -2.23. The van der Waals surface area contributed by atoms with Gasteiger partial charge in [-0.25, -0.2) is 4.79 Å². The Morgan fingerprint density at radius 3 is 2.86 bits per heavy atom. The van der Waals surface area contributed by atoms with Crippen molar-refractivity contribution in [3.8, 4) is 0 Å². The van der Waals surface area contributed by atoms with Gasteiger partial charge in [0.1, 0.15) is 0 Å². The zero-order valence-corrected chi connectivity index (χ0v) is 14.2. The van der Waals surface area contributed by atoms with E-state index in [9.17, 15) is 4.79 Å². The standard InChI is InChI=1S/C17H26N2O2S/c1-13(11-20)19(2)17(21)18-15-7-5-6-14(10-15)12-22-16-8-3-4-9-16/h5-7,10,13,16,20H,3-4,8-9,11-12H2,1-2H3,(H,18,21). The van der Waals surface area contributed by atoms with Gasteiger partial charge in [0.05, 0.1) is 12.6 Å². The summed E-state index contributed by atoms with van der Waals surface area (Å²) in [5.41, 5.74) is 2.05. The van der Waals surface area contributed by atoms with Crippen LogP contribution in [0.2, 0.25) is 0 Å². The largest absolute Gasteiger partial charge is 0.394 e. The van der Waals surface area contributed by atoms with Crippen molar-refractivity contribution >= 4 is 23.5 Å². The van der Waals surface area contributed by atoms with Gasteiger partial charge in [0, 0.05) is 23.7 Å². The number of aliphatic hydroxyl groups excluding tert-OH is 1. The summed E-state index contributed by atoms with van der Waals surface area (Å²) >= 11 is 2.02. The molecule has 5 heteroatoms. The summed E-state index contributed by atoms with van der Waals surface area (Å²) in [6, 6.07) is 7.65. The molecule has 2 amide bonds. The van der Waals surface area contributed by atoms with E-state index in [0.29, 0.717) is 0 Å². The zero-order valence-electron chi connectivity index (χ0n) is 13.4. The molecular weight excluding hydrogens is 296 g/mol. The van der Waals surface area contributed by atoms with Crippen LogP contribution in [0.25, 0.3) is 0 Å². The molecule has 22 heavy (non-hydrogen) atoms. The average Bonchev–Trinajstić information content (AvgIpc) is 3.05. The monoisotopic (exact) mass is 322 g/mol. The third-order valence-electron chi connectivity index (χ3n) is 4.21. The number of anilines is 1. The number of hydrogen-bond donors (Lipinski definition) is 2. The van der Waals surface area contributed by atoms with Gasteiger partial charge in [-0.1, -0.05) is 25.0 Å². The lowest BCUT2D eigenvalue weighted by molar-refractivity contribution is 0.166. The molecule has 0 radical (unpaired) electrons. The SMILES string of the molecule is CC(CO)N(C)C(=O)Nc1cccc(CSC2CCCC2)c1. The molecule has 1 atom stereocenters. The highest BCUT2D eigenvalue weighted by atomic mass is 32.2. The van der Waals surface area contributed by atoms with Gasteiger partial charge in [-0.2, -0.15) is 11.8 Å². The molecule has 0 saturated heterocycles. The maximum atomic E-state index is 12.1. The summed E-state index contributed by atoms with van der Waals surface area (Å²) in [7, 11) is 1.69. The number of thioether (sulfide) groups is 1. The molecule has 1 aliphatic carbocycles. The number of amides is 2. The number of nitrogens with one attached hydrogen (secondary N) is 1. The number of benzene rings is 1. The van der Waals surface area contributed by atoms with Crippen LogP contribution < -0.4 is 5.32 Å². The summed E-state index contributed by atoms with van der Waals surface area (Å²) in [6.45, 7) is 1.77. The predicted molar refractivity (Wildman–Crippen MR) is 93.3 cm³/mol. The Labute approximate surface area is 137 Å². The summed E-state index contributed by atoms with van der Waals surface area (Å²) in [4.78, 5) is 13.6. The van der Waals surface area contributed by atoms with Crippen molar-refractivity contribution < 1.29 is 9.90 Å². The highest BCUT2D eigenvalue weighted by Gasteiger charge is 2.16. The van der Waals surface area contributed by atoms with E-state index in [-0.39, 0.29) is 18.7 Å². The van der Waals surface area contributed by atoms with Gasteiger partial charge in [-0.3, -0.25) is 0 Å². The quantitative estimate of drug-likeness (QED) is 0.839. The van der Waals surface area contributed by atoms with Gasteiger partial charge in [0.25, 0.3) is 0 Å². The summed E-state index contributed by atoms with van der Waals surface area (Å²) < 4.78 is 0. The molecule has 1 aromatic rings. The zero-order chi connectivity index (χ0) is 15.9. The van der Waals surface area contributed by atoms with E-state index >= 15 is 0 Å². The molecule has 1 unspecified atom stereocenters. The van der Waals surface area contributed by atoms with E-state index in [4.69, 9.17) is 5.11 Å². The molecule has 1 fully saturated rings. The van der Waals surface area contributed by atoms with Crippen LogP contribution in [0.5, 0.6) is 0 Å².